The van der Waals surface area contributed by atoms with E-state index in [1.54, 1.807) is 30.3 Å². The summed E-state index contributed by atoms with van der Waals surface area (Å²) in [4.78, 5) is 0. The first-order chi connectivity index (χ1) is 11.9. The molecule has 0 amide bonds. The summed E-state index contributed by atoms with van der Waals surface area (Å²) in [6.07, 6.45) is 0. The van der Waals surface area contributed by atoms with Gasteiger partial charge in [-0.25, -0.2) is 17.6 Å². The summed E-state index contributed by atoms with van der Waals surface area (Å²) < 4.78 is 53.2. The van der Waals surface area contributed by atoms with Gasteiger partial charge in [-0.15, -0.1) is 0 Å². The molecule has 25 heavy (non-hydrogen) atoms. The van der Waals surface area contributed by atoms with Crippen LogP contribution in [-0.2, 0) is 0 Å². The van der Waals surface area contributed by atoms with Crippen molar-refractivity contribution in [1.29, 1.82) is 0 Å². The summed E-state index contributed by atoms with van der Waals surface area (Å²) in [5.41, 5.74) is 2.63. The third kappa shape index (κ3) is 3.72. The molecule has 0 aliphatic heterocycles. The highest BCUT2D eigenvalue weighted by atomic mass is 19.2. The van der Waals surface area contributed by atoms with E-state index < -0.39 is 17.5 Å². The zero-order chi connectivity index (χ0) is 18.0. The average Bonchev–Trinajstić information content (AvgIpc) is 2.58. The highest BCUT2D eigenvalue weighted by molar-refractivity contribution is 5.65. The Labute approximate surface area is 142 Å². The summed E-state index contributed by atoms with van der Waals surface area (Å²) in [6.45, 7) is 1.81. The van der Waals surface area contributed by atoms with Crippen molar-refractivity contribution in [3.8, 4) is 23.0 Å². The molecule has 0 atom stereocenters. The van der Waals surface area contributed by atoms with E-state index in [0.29, 0.717) is 16.7 Å². The van der Waals surface area contributed by atoms with Gasteiger partial charge in [0.25, 0.3) is 0 Å². The molecular weight excluding hydrogens is 328 g/mol. The lowest BCUT2D eigenvalue weighted by molar-refractivity contribution is 0.446. The minimum Gasteiger partial charge on any atom is -0.206 e. The van der Waals surface area contributed by atoms with Gasteiger partial charge in [0.1, 0.15) is 5.82 Å². The lowest BCUT2D eigenvalue weighted by atomic mass is 10.0. The zero-order valence-electron chi connectivity index (χ0n) is 13.2. The molecule has 0 aromatic heterocycles. The van der Waals surface area contributed by atoms with Crippen molar-refractivity contribution in [3.05, 3.63) is 94.6 Å². The van der Waals surface area contributed by atoms with Gasteiger partial charge < -0.3 is 0 Å². The Hall–Kier alpha value is -3.06. The Bertz CT molecular complexity index is 970. The van der Waals surface area contributed by atoms with Crippen LogP contribution in [0.25, 0.3) is 11.1 Å². The van der Waals surface area contributed by atoms with Crippen molar-refractivity contribution < 1.29 is 17.6 Å². The number of hydrogen-bond acceptors (Lipinski definition) is 0. The summed E-state index contributed by atoms with van der Waals surface area (Å²) >= 11 is 0. The second-order valence-electron chi connectivity index (χ2n) is 5.56. The van der Waals surface area contributed by atoms with Crippen LogP contribution in [0.4, 0.5) is 17.6 Å². The molecule has 0 fully saturated rings. The molecule has 0 radical (unpaired) electrons. The molecule has 0 unspecified atom stereocenters. The van der Waals surface area contributed by atoms with Crippen LogP contribution in [0.5, 0.6) is 0 Å². The second-order valence-corrected chi connectivity index (χ2v) is 5.56. The van der Waals surface area contributed by atoms with Crippen LogP contribution >= 0.6 is 0 Å². The van der Waals surface area contributed by atoms with Gasteiger partial charge >= 0.3 is 0 Å². The molecule has 124 valence electrons. The van der Waals surface area contributed by atoms with Crippen LogP contribution < -0.4 is 0 Å². The van der Waals surface area contributed by atoms with Gasteiger partial charge in [0.2, 0.25) is 0 Å². The molecule has 4 heteroatoms. The number of aryl methyl sites for hydroxylation is 1. The summed E-state index contributed by atoms with van der Waals surface area (Å²) in [5.74, 6) is 0.921. The van der Waals surface area contributed by atoms with Crippen molar-refractivity contribution >= 4 is 0 Å². The molecular formula is C21H12F4. The van der Waals surface area contributed by atoms with Crippen LogP contribution in [0.2, 0.25) is 0 Å². The molecule has 0 aliphatic rings. The Morgan fingerprint density at radius 2 is 1.24 bits per heavy atom. The molecule has 0 saturated heterocycles. The molecule has 0 aliphatic carbocycles. The summed E-state index contributed by atoms with van der Waals surface area (Å²) in [6, 6.07) is 13.4. The molecule has 0 spiro atoms. The van der Waals surface area contributed by atoms with Crippen molar-refractivity contribution in [2.75, 3.05) is 0 Å². The normalized spacial score (nSPS) is 10.3. The Kier molecular flexibility index (Phi) is 4.58. The van der Waals surface area contributed by atoms with Gasteiger partial charge in [-0.1, -0.05) is 36.1 Å². The highest BCUT2D eigenvalue weighted by Gasteiger charge is 2.09. The average molecular weight is 340 g/mol. The van der Waals surface area contributed by atoms with Crippen LogP contribution in [0, 0.1) is 42.0 Å². The van der Waals surface area contributed by atoms with Crippen molar-refractivity contribution in [3.63, 3.8) is 0 Å². The fourth-order valence-corrected chi connectivity index (χ4v) is 2.36. The monoisotopic (exact) mass is 340 g/mol. The second kappa shape index (κ2) is 6.82. The summed E-state index contributed by atoms with van der Waals surface area (Å²) in [5, 5.41) is 0. The van der Waals surface area contributed by atoms with E-state index in [-0.39, 0.29) is 11.4 Å². The van der Waals surface area contributed by atoms with E-state index in [9.17, 15) is 17.6 Å². The SMILES string of the molecule is Cc1ccc(-c2ccc(C#Cc3cc(F)c(F)c(F)c3)cc2)c(F)c1. The minimum atomic E-state index is -1.52. The fourth-order valence-electron chi connectivity index (χ4n) is 2.36. The van der Waals surface area contributed by atoms with E-state index in [1.165, 1.54) is 6.07 Å². The van der Waals surface area contributed by atoms with Crippen LogP contribution in [-0.4, -0.2) is 0 Å². The van der Waals surface area contributed by atoms with Crippen molar-refractivity contribution in [2.45, 2.75) is 6.92 Å². The molecule has 3 rings (SSSR count). The third-order valence-electron chi connectivity index (χ3n) is 3.66. The third-order valence-corrected chi connectivity index (χ3v) is 3.66. The number of rotatable bonds is 1. The van der Waals surface area contributed by atoms with Crippen molar-refractivity contribution in [1.82, 2.24) is 0 Å². The molecule has 3 aromatic carbocycles. The van der Waals surface area contributed by atoms with E-state index in [2.05, 4.69) is 11.8 Å². The summed E-state index contributed by atoms with van der Waals surface area (Å²) in [7, 11) is 0. The first-order valence-corrected chi connectivity index (χ1v) is 7.47. The Balaban J connectivity index is 1.87. The number of hydrogen-bond donors (Lipinski definition) is 0. The van der Waals surface area contributed by atoms with Crippen LogP contribution in [0.3, 0.4) is 0 Å². The van der Waals surface area contributed by atoms with Crippen molar-refractivity contribution in [2.24, 2.45) is 0 Å². The van der Waals surface area contributed by atoms with Crippen LogP contribution in [0.1, 0.15) is 16.7 Å². The van der Waals surface area contributed by atoms with Crippen LogP contribution in [0.15, 0.2) is 54.6 Å². The Morgan fingerprint density at radius 1 is 0.640 bits per heavy atom. The topological polar surface area (TPSA) is 0 Å². The standard InChI is InChI=1S/C21H12F4/c1-13-2-9-17(18(22)10-13)16-7-5-14(6-8-16)3-4-15-11-19(23)21(25)20(24)12-15/h2,5-12H,1H3. The smallest absolute Gasteiger partial charge is 0.194 e. The number of halogens is 4. The lowest BCUT2D eigenvalue weighted by Gasteiger charge is -2.04. The largest absolute Gasteiger partial charge is 0.206 e. The van der Waals surface area contributed by atoms with Gasteiger partial charge in [0.05, 0.1) is 0 Å². The fraction of sp³-hybridized carbons (Fsp3) is 0.0476. The molecule has 0 saturated carbocycles. The van der Waals surface area contributed by atoms with Gasteiger partial charge in [-0.05, 0) is 48.4 Å². The Morgan fingerprint density at radius 3 is 1.84 bits per heavy atom. The van der Waals surface area contributed by atoms with E-state index >= 15 is 0 Å². The zero-order valence-corrected chi connectivity index (χ0v) is 13.2. The van der Waals surface area contributed by atoms with Gasteiger partial charge in [0, 0.05) is 16.7 Å². The maximum Gasteiger partial charge on any atom is 0.194 e. The van der Waals surface area contributed by atoms with Gasteiger partial charge in [-0.2, -0.15) is 0 Å². The van der Waals surface area contributed by atoms with Gasteiger partial charge in [0.15, 0.2) is 17.5 Å². The van der Waals surface area contributed by atoms with E-state index in [0.717, 1.165) is 17.7 Å². The van der Waals surface area contributed by atoms with Gasteiger partial charge in [-0.3, -0.25) is 0 Å². The molecule has 0 N–H and O–H groups in total. The quantitative estimate of drug-likeness (QED) is 0.306. The molecule has 3 aromatic rings. The van der Waals surface area contributed by atoms with E-state index in [1.807, 2.05) is 13.0 Å². The molecule has 0 nitrogen and oxygen atoms in total. The maximum absolute atomic E-state index is 14.0. The molecule has 0 bridgehead atoms. The highest BCUT2D eigenvalue weighted by Crippen LogP contribution is 2.23. The molecule has 0 heterocycles. The predicted octanol–water partition coefficient (Wildman–Crippen LogP) is 5.62. The number of benzene rings is 3. The first-order valence-electron chi connectivity index (χ1n) is 7.47. The predicted molar refractivity (Wildman–Crippen MR) is 88.9 cm³/mol. The van der Waals surface area contributed by atoms with E-state index in [4.69, 9.17) is 0 Å². The minimum absolute atomic E-state index is 0.0325. The maximum atomic E-state index is 14.0. The first kappa shape index (κ1) is 16.8. The lowest BCUT2D eigenvalue weighted by Crippen LogP contribution is -1.91.